The number of ether oxygens (including phenoxy) is 3. The molecule has 10 heteroatoms. The quantitative estimate of drug-likeness (QED) is 0.0320. The van der Waals surface area contributed by atoms with Crippen molar-refractivity contribution in [3.05, 3.63) is 60.8 Å². The van der Waals surface area contributed by atoms with E-state index in [1.807, 2.05) is 25.2 Å². The Labute approximate surface area is 365 Å². The zero-order valence-electron chi connectivity index (χ0n) is 37.6. The molecule has 0 aromatic carbocycles. The van der Waals surface area contributed by atoms with Crippen LogP contribution >= 0.6 is 0 Å². The molecule has 0 N–H and O–H groups in total. The highest BCUT2D eigenvalue weighted by Gasteiger charge is 2.39. The van der Waals surface area contributed by atoms with Crippen molar-refractivity contribution in [1.82, 2.24) is 0 Å². The van der Waals surface area contributed by atoms with Crippen LogP contribution in [0.2, 0.25) is 0 Å². The molecule has 4 aliphatic rings. The summed E-state index contributed by atoms with van der Waals surface area (Å²) in [7, 11) is 0. The minimum Gasteiger partial charge on any atom is -0.462 e. The predicted octanol–water partition coefficient (Wildman–Crippen LogP) is 10.5. The zero-order valence-corrected chi connectivity index (χ0v) is 37.6. The number of allylic oxidation sites excluding steroid dienone is 9. The first-order chi connectivity index (χ1) is 29.4. The summed E-state index contributed by atoms with van der Waals surface area (Å²) in [6.45, 7) is 12.6. The topological polar surface area (TPSA) is 147 Å². The molecule has 0 heterocycles. The minimum atomic E-state index is -0.619. The molecule has 4 saturated carbocycles. The van der Waals surface area contributed by atoms with E-state index in [0.717, 1.165) is 64.2 Å². The maximum Gasteiger partial charge on any atom is 0.314 e. The highest BCUT2D eigenvalue weighted by atomic mass is 16.6. The van der Waals surface area contributed by atoms with Crippen LogP contribution in [0.5, 0.6) is 0 Å². The van der Waals surface area contributed by atoms with Gasteiger partial charge in [0.05, 0.1) is 6.42 Å². The third kappa shape index (κ3) is 18.0. The molecule has 0 spiro atoms. The summed E-state index contributed by atoms with van der Waals surface area (Å²) < 4.78 is 15.6. The van der Waals surface area contributed by atoms with Gasteiger partial charge in [-0.2, -0.15) is 0 Å². The van der Waals surface area contributed by atoms with E-state index in [0.29, 0.717) is 50.9 Å². The summed E-state index contributed by atoms with van der Waals surface area (Å²) in [5.41, 5.74) is 1.23. The molecule has 0 radical (unpaired) electrons. The predicted molar refractivity (Wildman–Crippen MR) is 237 cm³/mol. The first-order valence-electron chi connectivity index (χ1n) is 23.3. The van der Waals surface area contributed by atoms with Gasteiger partial charge in [0.1, 0.15) is 30.6 Å². The molecule has 10 nitrogen and oxygen atoms in total. The van der Waals surface area contributed by atoms with Crippen molar-refractivity contribution in [1.29, 1.82) is 0 Å². The van der Waals surface area contributed by atoms with E-state index in [2.05, 4.69) is 57.7 Å². The molecule has 61 heavy (non-hydrogen) atoms. The van der Waals surface area contributed by atoms with E-state index in [4.69, 9.17) is 14.2 Å². The normalized spacial score (nSPS) is 26.6. The second kappa shape index (κ2) is 28.4. The van der Waals surface area contributed by atoms with Gasteiger partial charge in [-0.05, 0) is 113 Å². The number of carbonyl (C=O) groups excluding carboxylic acids is 7. The van der Waals surface area contributed by atoms with Gasteiger partial charge in [0.2, 0.25) is 0 Å². The molecule has 338 valence electrons. The van der Waals surface area contributed by atoms with E-state index < -0.39 is 11.9 Å². The van der Waals surface area contributed by atoms with Gasteiger partial charge < -0.3 is 14.2 Å². The molecule has 4 fully saturated rings. The number of carbonyl (C=O) groups is 7. The Hall–Kier alpha value is -4.21. The number of Topliss-reactive ketones (excluding diaryl/α,β-unsaturated/α-hetero) is 3. The second-order valence-corrected chi connectivity index (χ2v) is 17.2. The Kier molecular flexibility index (Phi) is 23.8. The van der Waals surface area contributed by atoms with Gasteiger partial charge in [0, 0.05) is 56.3 Å². The molecular weight excluding hydrogens is 773 g/mol. The molecule has 4 aliphatic carbocycles. The lowest BCUT2D eigenvalue weighted by Gasteiger charge is -2.18. The van der Waals surface area contributed by atoms with Crippen molar-refractivity contribution in [2.45, 2.75) is 156 Å². The molecule has 0 saturated heterocycles. The minimum absolute atomic E-state index is 0.0263. The standard InChI is InChI=1S/C27H40O5.C24H34O5/c1-4-6-8-10-23-20(3)12-13-21(23)18-26(29)31-16-17-32-27(30)19-22-14-15-25(28)24(22)11-9-7-5-2;1-3-5-7-9-17-11-13-22(26)20(17)16-24(28)29-23(27)15-18-12-14-21(25)19(18)10-8-6-4-2/h6-9,21-24H,3-5,10-19H2,1-2H3;5-8,17-20H,3-4,9-16H2,1-2H3/b8-6-,9-7-;7-5-,8-6-. The number of ketones is 3. The summed E-state index contributed by atoms with van der Waals surface area (Å²) in [4.78, 5) is 85.4. The Morgan fingerprint density at radius 3 is 1.30 bits per heavy atom. The van der Waals surface area contributed by atoms with Crippen LogP contribution in [0.1, 0.15) is 156 Å². The molecule has 0 aliphatic heterocycles. The Morgan fingerprint density at radius 1 is 0.459 bits per heavy atom. The largest absolute Gasteiger partial charge is 0.462 e. The van der Waals surface area contributed by atoms with Crippen molar-refractivity contribution in [3.8, 4) is 0 Å². The molecule has 0 amide bonds. The Morgan fingerprint density at radius 2 is 0.820 bits per heavy atom. The lowest BCUT2D eigenvalue weighted by molar-refractivity contribution is -0.162. The summed E-state index contributed by atoms with van der Waals surface area (Å²) in [6, 6.07) is 0. The van der Waals surface area contributed by atoms with Gasteiger partial charge in [-0.25, -0.2) is 0 Å². The SMILES string of the molecule is C=C1CCC(CC(=O)OCCOC(=O)CC2CCC(=O)C2C/C=C\CC)C1C/C=C\CC.CC/C=C\CC1CCC(=O)C1CC(=O)OC(=O)CC1CCC(=O)C1C/C=C\CC. The highest BCUT2D eigenvalue weighted by Crippen LogP contribution is 2.41. The van der Waals surface area contributed by atoms with Gasteiger partial charge in [-0.15, -0.1) is 0 Å². The first-order valence-corrected chi connectivity index (χ1v) is 23.3. The van der Waals surface area contributed by atoms with Crippen molar-refractivity contribution >= 4 is 41.2 Å². The fourth-order valence-corrected chi connectivity index (χ4v) is 9.45. The summed E-state index contributed by atoms with van der Waals surface area (Å²) in [6.07, 6.45) is 29.8. The molecule has 0 aromatic heterocycles. The average molecular weight is 847 g/mol. The van der Waals surface area contributed by atoms with Crippen molar-refractivity contribution in [2.24, 2.45) is 47.3 Å². The number of rotatable bonds is 23. The Balaban J connectivity index is 0.000000327. The van der Waals surface area contributed by atoms with Crippen LogP contribution in [0.4, 0.5) is 0 Å². The van der Waals surface area contributed by atoms with Crippen LogP contribution in [0.15, 0.2) is 60.8 Å². The van der Waals surface area contributed by atoms with E-state index in [1.165, 1.54) is 5.57 Å². The molecule has 0 bridgehead atoms. The molecular formula is C51H74O10. The van der Waals surface area contributed by atoms with Gasteiger partial charge in [0.15, 0.2) is 0 Å². The molecule has 8 atom stereocenters. The highest BCUT2D eigenvalue weighted by molar-refractivity contribution is 5.91. The fraction of sp³-hybridized carbons (Fsp3) is 0.667. The van der Waals surface area contributed by atoms with Gasteiger partial charge in [-0.3, -0.25) is 33.6 Å². The van der Waals surface area contributed by atoms with Gasteiger partial charge in [0.25, 0.3) is 0 Å². The van der Waals surface area contributed by atoms with Crippen LogP contribution in [0, 0.1) is 47.3 Å². The van der Waals surface area contributed by atoms with Crippen molar-refractivity contribution < 1.29 is 47.8 Å². The average Bonchev–Trinajstić information content (AvgIpc) is 3.97. The third-order valence-electron chi connectivity index (χ3n) is 12.9. The van der Waals surface area contributed by atoms with Crippen LogP contribution < -0.4 is 0 Å². The van der Waals surface area contributed by atoms with Gasteiger partial charge >= 0.3 is 23.9 Å². The maximum atomic E-state index is 12.3. The molecule has 8 unspecified atom stereocenters. The molecule has 4 rings (SSSR count). The Bertz CT molecular complexity index is 1540. The van der Waals surface area contributed by atoms with Crippen molar-refractivity contribution in [2.75, 3.05) is 13.2 Å². The third-order valence-corrected chi connectivity index (χ3v) is 12.9. The number of hydrogen-bond acceptors (Lipinski definition) is 10. The monoisotopic (exact) mass is 847 g/mol. The van der Waals surface area contributed by atoms with Crippen LogP contribution in [0.25, 0.3) is 0 Å². The summed E-state index contributed by atoms with van der Waals surface area (Å²) >= 11 is 0. The first kappa shape index (κ1) is 51.1. The van der Waals surface area contributed by atoms with E-state index in [1.54, 1.807) is 0 Å². The molecule has 0 aromatic rings. The summed E-state index contributed by atoms with van der Waals surface area (Å²) in [5, 5.41) is 0. The van der Waals surface area contributed by atoms with E-state index in [-0.39, 0.29) is 103 Å². The lowest BCUT2D eigenvalue weighted by Crippen LogP contribution is -2.24. The smallest absolute Gasteiger partial charge is 0.314 e. The van der Waals surface area contributed by atoms with Gasteiger partial charge in [-0.1, -0.05) is 88.5 Å². The number of esters is 4. The zero-order chi connectivity index (χ0) is 44.6. The van der Waals surface area contributed by atoms with Crippen LogP contribution in [-0.2, 0) is 47.8 Å². The van der Waals surface area contributed by atoms with E-state index >= 15 is 0 Å². The fourth-order valence-electron chi connectivity index (χ4n) is 9.45. The van der Waals surface area contributed by atoms with Crippen LogP contribution in [0.3, 0.4) is 0 Å². The summed E-state index contributed by atoms with van der Waals surface area (Å²) in [5.74, 6) is -1.07. The lowest BCUT2D eigenvalue weighted by atomic mass is 9.88. The number of hydrogen-bond donors (Lipinski definition) is 0. The maximum absolute atomic E-state index is 12.3. The van der Waals surface area contributed by atoms with Crippen molar-refractivity contribution in [3.63, 3.8) is 0 Å². The van der Waals surface area contributed by atoms with Crippen LogP contribution in [-0.4, -0.2) is 54.4 Å². The second-order valence-electron chi connectivity index (χ2n) is 17.2. The van der Waals surface area contributed by atoms with E-state index in [9.17, 15) is 33.6 Å².